The third-order valence-corrected chi connectivity index (χ3v) is 4.28. The number of ether oxygens (including phenoxy) is 1. The summed E-state index contributed by atoms with van der Waals surface area (Å²) in [6.07, 6.45) is 1.61. The summed E-state index contributed by atoms with van der Waals surface area (Å²) in [6, 6.07) is 10.4. The highest BCUT2D eigenvalue weighted by molar-refractivity contribution is 6.35. The number of hydrogen-bond acceptors (Lipinski definition) is 4. The van der Waals surface area contributed by atoms with Crippen molar-refractivity contribution in [3.8, 4) is 5.75 Å². The van der Waals surface area contributed by atoms with Gasteiger partial charge < -0.3 is 9.15 Å². The summed E-state index contributed by atoms with van der Waals surface area (Å²) in [5.74, 6) is -0.581. The molecule has 0 fully saturated rings. The molecule has 2 aromatic carbocycles. The number of fused-ring (bicyclic) bond motifs is 1. The lowest BCUT2D eigenvalue weighted by Gasteiger charge is -2.09. The van der Waals surface area contributed by atoms with Crippen LogP contribution in [0.25, 0.3) is 11.0 Å². The van der Waals surface area contributed by atoms with Crippen LogP contribution < -0.4 is 15.6 Å². The van der Waals surface area contributed by atoms with Gasteiger partial charge in [0.2, 0.25) is 5.91 Å². The van der Waals surface area contributed by atoms with Gasteiger partial charge >= 0.3 is 0 Å². The third kappa shape index (κ3) is 4.93. The van der Waals surface area contributed by atoms with Crippen LogP contribution in [0.4, 0.5) is 0 Å². The van der Waals surface area contributed by atoms with Gasteiger partial charge in [0, 0.05) is 16.0 Å². The van der Waals surface area contributed by atoms with E-state index >= 15 is 0 Å². The molecule has 2 amide bonds. The van der Waals surface area contributed by atoms with E-state index in [1.807, 2.05) is 25.1 Å². The molecule has 0 aliphatic carbocycles. The Morgan fingerprint density at radius 1 is 1.07 bits per heavy atom. The average Bonchev–Trinajstić information content (AvgIpc) is 3.01. The Morgan fingerprint density at radius 3 is 2.63 bits per heavy atom. The van der Waals surface area contributed by atoms with Crippen molar-refractivity contribution in [2.45, 2.75) is 13.3 Å². The number of halogens is 2. The SMILES string of the molecule is Cc1ccc2occ(CC(=O)NNC(=O)COc3ccc(Cl)cc3Cl)c2c1. The molecule has 6 nitrogen and oxygen atoms in total. The van der Waals surface area contributed by atoms with E-state index < -0.39 is 5.91 Å². The van der Waals surface area contributed by atoms with Crippen molar-refractivity contribution < 1.29 is 18.7 Å². The van der Waals surface area contributed by atoms with Gasteiger partial charge in [-0.05, 0) is 37.3 Å². The van der Waals surface area contributed by atoms with Crippen molar-refractivity contribution in [2.24, 2.45) is 0 Å². The van der Waals surface area contributed by atoms with Crippen LogP contribution in [0.5, 0.6) is 5.75 Å². The number of benzene rings is 2. The molecule has 1 aromatic heterocycles. The molecule has 0 radical (unpaired) electrons. The molecule has 0 saturated heterocycles. The van der Waals surface area contributed by atoms with Crippen LogP contribution in [0, 0.1) is 6.92 Å². The number of hydrogen-bond donors (Lipinski definition) is 2. The molecular weight excluding hydrogens is 391 g/mol. The highest BCUT2D eigenvalue weighted by Crippen LogP contribution is 2.27. The molecule has 2 N–H and O–H groups in total. The highest BCUT2D eigenvalue weighted by Gasteiger charge is 2.12. The first-order valence-electron chi connectivity index (χ1n) is 8.04. The van der Waals surface area contributed by atoms with Gasteiger partial charge in [-0.2, -0.15) is 0 Å². The normalized spacial score (nSPS) is 10.6. The number of furan rings is 1. The summed E-state index contributed by atoms with van der Waals surface area (Å²) in [7, 11) is 0. The van der Waals surface area contributed by atoms with Gasteiger partial charge in [-0.15, -0.1) is 0 Å². The molecule has 3 aromatic rings. The van der Waals surface area contributed by atoms with Crippen LogP contribution >= 0.6 is 23.2 Å². The van der Waals surface area contributed by atoms with Crippen molar-refractivity contribution >= 4 is 46.0 Å². The molecule has 3 rings (SSSR count). The molecule has 8 heteroatoms. The molecule has 27 heavy (non-hydrogen) atoms. The molecule has 0 aliphatic rings. The number of aryl methyl sites for hydroxylation is 1. The lowest BCUT2D eigenvalue weighted by molar-refractivity contribution is -0.129. The Labute approximate surface area is 165 Å². The summed E-state index contributed by atoms with van der Waals surface area (Å²) in [5, 5.41) is 1.63. The van der Waals surface area contributed by atoms with Crippen molar-refractivity contribution in [3.05, 3.63) is 63.8 Å². The highest BCUT2D eigenvalue weighted by atomic mass is 35.5. The van der Waals surface area contributed by atoms with Crippen molar-refractivity contribution in [1.29, 1.82) is 0 Å². The monoisotopic (exact) mass is 406 g/mol. The van der Waals surface area contributed by atoms with Gasteiger partial charge in [0.1, 0.15) is 11.3 Å². The van der Waals surface area contributed by atoms with E-state index in [4.69, 9.17) is 32.4 Å². The largest absolute Gasteiger partial charge is 0.482 e. The van der Waals surface area contributed by atoms with Gasteiger partial charge in [-0.25, -0.2) is 0 Å². The fraction of sp³-hybridized carbons (Fsp3) is 0.158. The second-order valence-electron chi connectivity index (χ2n) is 5.90. The smallest absolute Gasteiger partial charge is 0.276 e. The van der Waals surface area contributed by atoms with Gasteiger partial charge in [0.05, 0.1) is 17.7 Å². The minimum absolute atomic E-state index is 0.0700. The zero-order valence-corrected chi connectivity index (χ0v) is 15.9. The molecule has 0 aliphatic heterocycles. The van der Waals surface area contributed by atoms with Crippen molar-refractivity contribution in [1.82, 2.24) is 10.9 Å². The summed E-state index contributed by atoms with van der Waals surface area (Å²) in [4.78, 5) is 23.9. The Balaban J connectivity index is 1.49. The van der Waals surface area contributed by atoms with E-state index in [0.717, 1.165) is 16.5 Å². The molecule has 0 atom stereocenters. The van der Waals surface area contributed by atoms with Crippen molar-refractivity contribution in [3.63, 3.8) is 0 Å². The fourth-order valence-corrected chi connectivity index (χ4v) is 2.92. The predicted octanol–water partition coefficient (Wildman–Crippen LogP) is 3.82. The number of carbonyl (C=O) groups is 2. The maximum absolute atomic E-state index is 12.1. The van der Waals surface area contributed by atoms with Crippen LogP contribution in [0.15, 0.2) is 47.1 Å². The van der Waals surface area contributed by atoms with Crippen molar-refractivity contribution in [2.75, 3.05) is 6.61 Å². The Hall–Kier alpha value is -2.70. The fourth-order valence-electron chi connectivity index (χ4n) is 2.46. The first kappa shape index (κ1) is 19.1. The second kappa shape index (κ2) is 8.33. The molecule has 0 bridgehead atoms. The van der Waals surface area contributed by atoms with Gasteiger partial charge in [-0.3, -0.25) is 20.4 Å². The van der Waals surface area contributed by atoms with Crippen LogP contribution in [-0.2, 0) is 16.0 Å². The number of carbonyl (C=O) groups excluding carboxylic acids is 2. The number of amides is 2. The minimum atomic E-state index is -0.526. The average molecular weight is 407 g/mol. The molecular formula is C19H16Cl2N2O4. The Morgan fingerprint density at radius 2 is 1.85 bits per heavy atom. The first-order chi connectivity index (χ1) is 12.9. The Bertz CT molecular complexity index is 1000. The van der Waals surface area contributed by atoms with Crippen LogP contribution in [0.1, 0.15) is 11.1 Å². The first-order valence-corrected chi connectivity index (χ1v) is 8.80. The van der Waals surface area contributed by atoms with Gasteiger partial charge in [0.15, 0.2) is 6.61 Å². The van der Waals surface area contributed by atoms with Crippen LogP contribution in [-0.4, -0.2) is 18.4 Å². The van der Waals surface area contributed by atoms with Gasteiger partial charge in [0.25, 0.3) is 5.91 Å². The number of rotatable bonds is 5. The topological polar surface area (TPSA) is 80.6 Å². The van der Waals surface area contributed by atoms with E-state index in [0.29, 0.717) is 21.4 Å². The molecule has 0 spiro atoms. The van der Waals surface area contributed by atoms with E-state index in [9.17, 15) is 9.59 Å². The summed E-state index contributed by atoms with van der Waals surface area (Å²) in [6.45, 7) is 1.65. The zero-order valence-electron chi connectivity index (χ0n) is 14.3. The number of hydrazine groups is 1. The molecule has 1 heterocycles. The predicted molar refractivity (Wildman–Crippen MR) is 103 cm³/mol. The molecule has 140 valence electrons. The van der Waals surface area contributed by atoms with E-state index in [2.05, 4.69) is 10.9 Å². The van der Waals surface area contributed by atoms with E-state index in [1.54, 1.807) is 12.1 Å². The summed E-state index contributed by atoms with van der Waals surface area (Å²) < 4.78 is 10.7. The lowest BCUT2D eigenvalue weighted by Crippen LogP contribution is -2.44. The summed E-state index contributed by atoms with van der Waals surface area (Å²) in [5.41, 5.74) is 7.15. The molecule has 0 unspecified atom stereocenters. The maximum Gasteiger partial charge on any atom is 0.276 e. The van der Waals surface area contributed by atoms with Gasteiger partial charge in [-0.1, -0.05) is 34.8 Å². The van der Waals surface area contributed by atoms with E-state index in [-0.39, 0.29) is 18.9 Å². The van der Waals surface area contributed by atoms with E-state index in [1.165, 1.54) is 12.3 Å². The zero-order chi connectivity index (χ0) is 19.4. The lowest BCUT2D eigenvalue weighted by atomic mass is 10.1. The second-order valence-corrected chi connectivity index (χ2v) is 6.74. The quantitative estimate of drug-likeness (QED) is 0.631. The third-order valence-electron chi connectivity index (χ3n) is 3.75. The minimum Gasteiger partial charge on any atom is -0.482 e. The maximum atomic E-state index is 12.1. The van der Waals surface area contributed by atoms with Crippen LogP contribution in [0.2, 0.25) is 10.0 Å². The Kier molecular flexibility index (Phi) is 5.88. The number of nitrogens with one attached hydrogen (secondary N) is 2. The standard InChI is InChI=1S/C19H16Cl2N2O4/c1-11-2-4-16-14(6-11)12(9-26-16)7-18(24)22-23-19(25)10-27-17-5-3-13(20)8-15(17)21/h2-6,8-9H,7,10H2,1H3,(H,22,24)(H,23,25). The van der Waals surface area contributed by atoms with Crippen LogP contribution in [0.3, 0.4) is 0 Å². The molecule has 0 saturated carbocycles. The summed E-state index contributed by atoms with van der Waals surface area (Å²) >= 11 is 11.8.